The van der Waals surface area contributed by atoms with E-state index in [2.05, 4.69) is 20.7 Å². The summed E-state index contributed by atoms with van der Waals surface area (Å²) in [6, 6.07) is 2.11. The van der Waals surface area contributed by atoms with E-state index in [1.54, 1.807) is 0 Å². The van der Waals surface area contributed by atoms with Gasteiger partial charge in [-0.3, -0.25) is 4.68 Å². The van der Waals surface area contributed by atoms with Crippen LogP contribution in [0, 0.1) is 0 Å². The first-order chi connectivity index (χ1) is 9.92. The third-order valence-electron chi connectivity index (χ3n) is 4.08. The van der Waals surface area contributed by atoms with Crippen LogP contribution in [0.4, 0.5) is 0 Å². The van der Waals surface area contributed by atoms with Crippen LogP contribution in [0.1, 0.15) is 31.4 Å². The number of aromatic nitrogens is 2. The van der Waals surface area contributed by atoms with Crippen LogP contribution in [0.25, 0.3) is 0 Å². The summed E-state index contributed by atoms with van der Waals surface area (Å²) in [5.74, 6) is 0.807. The van der Waals surface area contributed by atoms with Crippen molar-refractivity contribution in [1.29, 1.82) is 0 Å². The van der Waals surface area contributed by atoms with Crippen molar-refractivity contribution in [2.75, 3.05) is 39.5 Å². The third kappa shape index (κ3) is 3.73. The molecule has 2 aliphatic rings. The molecule has 2 aliphatic heterocycles. The number of fused-ring (bicyclic) bond motifs is 1. The van der Waals surface area contributed by atoms with Crippen LogP contribution in [-0.4, -0.2) is 54.1 Å². The van der Waals surface area contributed by atoms with Gasteiger partial charge in [-0.05, 0) is 32.1 Å². The summed E-state index contributed by atoms with van der Waals surface area (Å²) in [4.78, 5) is 2.47. The van der Waals surface area contributed by atoms with Gasteiger partial charge in [-0.1, -0.05) is 0 Å². The molecule has 0 saturated carbocycles. The van der Waals surface area contributed by atoms with Crippen LogP contribution in [0.5, 0.6) is 5.88 Å². The Bertz CT molecular complexity index is 388. The predicted octanol–water partition coefficient (Wildman–Crippen LogP) is 1.71. The topological polar surface area (TPSA) is 39.5 Å². The van der Waals surface area contributed by atoms with Gasteiger partial charge in [0.2, 0.25) is 5.88 Å². The van der Waals surface area contributed by atoms with Gasteiger partial charge < -0.3 is 14.4 Å². The lowest BCUT2D eigenvalue weighted by Gasteiger charge is -2.18. The molecule has 1 aromatic rings. The summed E-state index contributed by atoms with van der Waals surface area (Å²) in [6.07, 6.45) is 5.87. The van der Waals surface area contributed by atoms with Crippen LogP contribution >= 0.6 is 0 Å². The molecule has 0 amide bonds. The first-order valence-corrected chi connectivity index (χ1v) is 7.91. The molecule has 3 heterocycles. The van der Waals surface area contributed by atoms with E-state index < -0.39 is 0 Å². The molecule has 0 atom stereocenters. The fourth-order valence-electron chi connectivity index (χ4n) is 2.95. The van der Waals surface area contributed by atoms with Crippen molar-refractivity contribution in [3.8, 4) is 5.88 Å². The number of nitrogens with zero attached hydrogens (tertiary/aromatic N) is 3. The third-order valence-corrected chi connectivity index (χ3v) is 4.08. The quantitative estimate of drug-likeness (QED) is 0.769. The molecule has 1 fully saturated rings. The van der Waals surface area contributed by atoms with E-state index >= 15 is 0 Å². The van der Waals surface area contributed by atoms with Gasteiger partial charge in [0.05, 0.1) is 13.2 Å². The molecule has 0 radical (unpaired) electrons. The first-order valence-electron chi connectivity index (χ1n) is 7.91. The number of hydrogen-bond acceptors (Lipinski definition) is 4. The highest BCUT2D eigenvalue weighted by atomic mass is 16.5. The maximum atomic E-state index is 5.79. The van der Waals surface area contributed by atoms with E-state index in [0.29, 0.717) is 0 Å². The Balaban J connectivity index is 1.38. The molecule has 0 unspecified atom stereocenters. The van der Waals surface area contributed by atoms with Crippen molar-refractivity contribution in [2.24, 2.45) is 0 Å². The van der Waals surface area contributed by atoms with Crippen LogP contribution < -0.4 is 4.74 Å². The molecule has 0 aromatic carbocycles. The second-order valence-corrected chi connectivity index (χ2v) is 5.66. The Hall–Kier alpha value is -1.07. The van der Waals surface area contributed by atoms with Gasteiger partial charge in [-0.2, -0.15) is 0 Å². The summed E-state index contributed by atoms with van der Waals surface area (Å²) in [6.45, 7) is 6.89. The van der Waals surface area contributed by atoms with E-state index in [4.69, 9.17) is 9.47 Å². The van der Waals surface area contributed by atoms with Crippen molar-refractivity contribution < 1.29 is 9.47 Å². The Morgan fingerprint density at radius 3 is 3.10 bits per heavy atom. The normalized spacial score (nSPS) is 20.4. The molecule has 20 heavy (non-hydrogen) atoms. The second-order valence-electron chi connectivity index (χ2n) is 5.66. The summed E-state index contributed by atoms with van der Waals surface area (Å²) < 4.78 is 13.4. The van der Waals surface area contributed by atoms with E-state index in [0.717, 1.165) is 71.1 Å². The SMILES string of the molecule is c1c(OCCCN2CCCOCC2)nn2c1CCCC2. The van der Waals surface area contributed by atoms with E-state index in [-0.39, 0.29) is 0 Å². The maximum absolute atomic E-state index is 5.79. The molecule has 5 heteroatoms. The minimum Gasteiger partial charge on any atom is -0.477 e. The molecule has 0 spiro atoms. The minimum atomic E-state index is 0.758. The largest absolute Gasteiger partial charge is 0.477 e. The zero-order chi connectivity index (χ0) is 13.6. The van der Waals surface area contributed by atoms with Crippen molar-refractivity contribution in [3.63, 3.8) is 0 Å². The van der Waals surface area contributed by atoms with Gasteiger partial charge in [-0.25, -0.2) is 0 Å². The fourth-order valence-corrected chi connectivity index (χ4v) is 2.95. The lowest BCUT2D eigenvalue weighted by molar-refractivity contribution is 0.140. The summed E-state index contributed by atoms with van der Waals surface area (Å²) in [5.41, 5.74) is 1.33. The highest BCUT2D eigenvalue weighted by Gasteiger charge is 2.13. The Labute approximate surface area is 120 Å². The molecule has 1 saturated heterocycles. The molecule has 1 aromatic heterocycles. The molecule has 0 aliphatic carbocycles. The maximum Gasteiger partial charge on any atom is 0.233 e. The monoisotopic (exact) mass is 279 g/mol. The predicted molar refractivity (Wildman–Crippen MR) is 77.2 cm³/mol. The first kappa shape index (κ1) is 13.9. The number of hydrogen-bond donors (Lipinski definition) is 0. The number of ether oxygens (including phenoxy) is 2. The number of aryl methyl sites for hydroxylation is 2. The van der Waals surface area contributed by atoms with Gasteiger partial charge in [0, 0.05) is 44.5 Å². The average Bonchev–Trinajstić information content (AvgIpc) is 2.70. The van der Waals surface area contributed by atoms with E-state index in [9.17, 15) is 0 Å². The minimum absolute atomic E-state index is 0.758. The Morgan fingerprint density at radius 2 is 2.15 bits per heavy atom. The highest BCUT2D eigenvalue weighted by Crippen LogP contribution is 2.19. The molecular formula is C15H25N3O2. The van der Waals surface area contributed by atoms with Gasteiger partial charge >= 0.3 is 0 Å². The summed E-state index contributed by atoms with van der Waals surface area (Å²) in [5, 5.41) is 4.51. The van der Waals surface area contributed by atoms with Crippen molar-refractivity contribution in [3.05, 3.63) is 11.8 Å². The summed E-state index contributed by atoms with van der Waals surface area (Å²) >= 11 is 0. The second kappa shape index (κ2) is 7.09. The van der Waals surface area contributed by atoms with E-state index in [1.165, 1.54) is 18.5 Å². The standard InChI is InChI=1S/C15H25N3O2/c1-2-8-18-14(5-1)13-15(16-18)20-11-4-7-17-6-3-10-19-12-9-17/h13H,1-12H2. The lowest BCUT2D eigenvalue weighted by atomic mass is 10.1. The van der Waals surface area contributed by atoms with Gasteiger partial charge in [0.15, 0.2) is 0 Å². The van der Waals surface area contributed by atoms with Gasteiger partial charge in [-0.15, -0.1) is 5.10 Å². The van der Waals surface area contributed by atoms with Crippen molar-refractivity contribution in [1.82, 2.24) is 14.7 Å². The molecule has 0 bridgehead atoms. The van der Waals surface area contributed by atoms with Gasteiger partial charge in [0.1, 0.15) is 0 Å². The zero-order valence-electron chi connectivity index (χ0n) is 12.2. The van der Waals surface area contributed by atoms with Crippen LogP contribution in [0.15, 0.2) is 6.07 Å². The Morgan fingerprint density at radius 1 is 1.15 bits per heavy atom. The highest BCUT2D eigenvalue weighted by molar-refractivity contribution is 5.16. The number of rotatable bonds is 5. The zero-order valence-corrected chi connectivity index (χ0v) is 12.2. The van der Waals surface area contributed by atoms with Crippen molar-refractivity contribution in [2.45, 2.75) is 38.6 Å². The van der Waals surface area contributed by atoms with Crippen LogP contribution in [-0.2, 0) is 17.7 Å². The van der Waals surface area contributed by atoms with Gasteiger partial charge in [0.25, 0.3) is 0 Å². The molecule has 0 N–H and O–H groups in total. The van der Waals surface area contributed by atoms with E-state index in [1.807, 2.05) is 0 Å². The van der Waals surface area contributed by atoms with Crippen LogP contribution in [0.3, 0.4) is 0 Å². The molecule has 3 rings (SSSR count). The average molecular weight is 279 g/mol. The lowest BCUT2D eigenvalue weighted by Crippen LogP contribution is -2.28. The molecular weight excluding hydrogens is 254 g/mol. The molecule has 112 valence electrons. The summed E-state index contributed by atoms with van der Waals surface area (Å²) in [7, 11) is 0. The fraction of sp³-hybridized carbons (Fsp3) is 0.800. The van der Waals surface area contributed by atoms with Crippen LogP contribution in [0.2, 0.25) is 0 Å². The molecule has 5 nitrogen and oxygen atoms in total. The smallest absolute Gasteiger partial charge is 0.233 e. The van der Waals surface area contributed by atoms with Crippen molar-refractivity contribution >= 4 is 0 Å². The Kier molecular flexibility index (Phi) is 4.92.